The lowest BCUT2D eigenvalue weighted by molar-refractivity contribution is -0.150. The fourth-order valence-electron chi connectivity index (χ4n) is 2.62. The molecule has 0 saturated heterocycles. The maximum absolute atomic E-state index is 11.8. The van der Waals surface area contributed by atoms with Crippen molar-refractivity contribution in [3.63, 3.8) is 0 Å². The average Bonchev–Trinajstić information content (AvgIpc) is 2.87. The summed E-state index contributed by atoms with van der Waals surface area (Å²) in [5.41, 5.74) is 0.228. The van der Waals surface area contributed by atoms with Crippen LogP contribution in [0.2, 0.25) is 0 Å². The van der Waals surface area contributed by atoms with Crippen LogP contribution in [0, 0.1) is 0 Å². The molecule has 0 amide bonds. The van der Waals surface area contributed by atoms with Gasteiger partial charge in [-0.3, -0.25) is 4.72 Å². The van der Waals surface area contributed by atoms with Crippen LogP contribution in [-0.2, 0) is 19.6 Å². The molecule has 1 aliphatic rings. The zero-order valence-electron chi connectivity index (χ0n) is 15.1. The Hall–Kier alpha value is -1.34. The Balaban J connectivity index is 2.07. The van der Waals surface area contributed by atoms with Crippen LogP contribution >= 0.6 is 0 Å². The molecule has 0 aliphatic carbocycles. The second-order valence-electron chi connectivity index (χ2n) is 6.39. The van der Waals surface area contributed by atoms with Gasteiger partial charge in [-0.2, -0.15) is 0 Å². The van der Waals surface area contributed by atoms with E-state index in [-0.39, 0.29) is 11.3 Å². The third-order valence-corrected chi connectivity index (χ3v) is 5.41. The van der Waals surface area contributed by atoms with Crippen LogP contribution in [0.4, 0.5) is 0 Å². The quantitative estimate of drug-likeness (QED) is 0.360. The molecule has 0 aromatic heterocycles. The van der Waals surface area contributed by atoms with E-state index in [9.17, 15) is 18.3 Å². The van der Waals surface area contributed by atoms with Crippen LogP contribution in [0.1, 0.15) is 71.1 Å². The van der Waals surface area contributed by atoms with Crippen LogP contribution in [0.15, 0.2) is 23.9 Å². The zero-order chi connectivity index (χ0) is 18.5. The van der Waals surface area contributed by atoms with Crippen molar-refractivity contribution in [3.8, 4) is 0 Å². The Morgan fingerprint density at radius 2 is 1.64 bits per heavy atom. The predicted molar refractivity (Wildman–Crippen MR) is 98.1 cm³/mol. The van der Waals surface area contributed by atoms with E-state index in [1.54, 1.807) is 0 Å². The first-order valence-corrected chi connectivity index (χ1v) is 10.9. The number of cyclic esters (lactones) is 1. The fourth-order valence-corrected chi connectivity index (χ4v) is 3.60. The minimum Gasteiger partial charge on any atom is -0.428 e. The standard InChI is InChI=1S/C18H31NO5S/c1-2-3-4-5-6-7-8-9-10-11-14-25(22,23)19-13-12-16-15-17(20)24-18(16)21/h12-13,15,18-19,21H,2-11,14H2,1H3/b13-12+. The number of unbranched alkanes of at least 4 members (excludes halogenated alkanes) is 9. The molecular weight excluding hydrogens is 342 g/mol. The highest BCUT2D eigenvalue weighted by atomic mass is 32.2. The Morgan fingerprint density at radius 1 is 1.08 bits per heavy atom. The minimum absolute atomic E-state index is 0.0743. The summed E-state index contributed by atoms with van der Waals surface area (Å²) in [7, 11) is -3.38. The topological polar surface area (TPSA) is 92.7 Å². The van der Waals surface area contributed by atoms with Gasteiger partial charge < -0.3 is 9.84 Å². The molecule has 0 spiro atoms. The number of esters is 1. The number of aliphatic hydroxyl groups is 1. The smallest absolute Gasteiger partial charge is 0.333 e. The first kappa shape index (κ1) is 21.7. The molecule has 1 heterocycles. The van der Waals surface area contributed by atoms with Crippen LogP contribution in [0.5, 0.6) is 0 Å². The summed E-state index contributed by atoms with van der Waals surface area (Å²) in [5.74, 6) is -0.564. The molecule has 1 aliphatic heterocycles. The van der Waals surface area contributed by atoms with Gasteiger partial charge in [-0.1, -0.05) is 64.7 Å². The molecule has 1 unspecified atom stereocenters. The number of carbonyl (C=O) groups is 1. The molecule has 0 aromatic carbocycles. The molecule has 0 bridgehead atoms. The van der Waals surface area contributed by atoms with E-state index in [2.05, 4.69) is 16.4 Å². The van der Waals surface area contributed by atoms with Gasteiger partial charge in [0.2, 0.25) is 16.3 Å². The van der Waals surface area contributed by atoms with Gasteiger partial charge >= 0.3 is 5.97 Å². The van der Waals surface area contributed by atoms with Gasteiger partial charge in [-0.25, -0.2) is 13.2 Å². The van der Waals surface area contributed by atoms with Crippen molar-refractivity contribution >= 4 is 16.0 Å². The van der Waals surface area contributed by atoms with Crippen molar-refractivity contribution in [1.82, 2.24) is 4.72 Å². The monoisotopic (exact) mass is 373 g/mol. The summed E-state index contributed by atoms with van der Waals surface area (Å²) >= 11 is 0. The maximum Gasteiger partial charge on any atom is 0.333 e. The van der Waals surface area contributed by atoms with Crippen molar-refractivity contribution in [2.75, 3.05) is 5.75 Å². The summed E-state index contributed by atoms with van der Waals surface area (Å²) in [5, 5.41) is 9.35. The van der Waals surface area contributed by atoms with Crippen molar-refractivity contribution in [1.29, 1.82) is 0 Å². The number of rotatable bonds is 14. The Bertz CT molecular complexity index is 554. The van der Waals surface area contributed by atoms with E-state index < -0.39 is 22.3 Å². The molecule has 25 heavy (non-hydrogen) atoms. The van der Waals surface area contributed by atoms with E-state index >= 15 is 0 Å². The van der Waals surface area contributed by atoms with Gasteiger partial charge in [0.05, 0.1) is 5.75 Å². The lowest BCUT2D eigenvalue weighted by atomic mass is 10.1. The number of hydrogen-bond donors (Lipinski definition) is 2. The lowest BCUT2D eigenvalue weighted by Crippen LogP contribution is -2.21. The normalized spacial score (nSPS) is 17.8. The molecule has 7 heteroatoms. The van der Waals surface area contributed by atoms with E-state index in [4.69, 9.17) is 0 Å². The molecule has 1 rings (SSSR count). The number of hydrogen-bond acceptors (Lipinski definition) is 5. The van der Waals surface area contributed by atoms with Crippen molar-refractivity contribution in [2.45, 2.75) is 77.4 Å². The van der Waals surface area contributed by atoms with Gasteiger partial charge in [-0.05, 0) is 12.5 Å². The number of carbonyl (C=O) groups excluding carboxylic acids is 1. The number of sulfonamides is 1. The van der Waals surface area contributed by atoms with Crippen molar-refractivity contribution in [2.24, 2.45) is 0 Å². The molecular formula is C18H31NO5S. The van der Waals surface area contributed by atoms with Crippen molar-refractivity contribution < 1.29 is 23.1 Å². The lowest BCUT2D eigenvalue weighted by Gasteiger charge is -2.05. The molecule has 0 radical (unpaired) electrons. The van der Waals surface area contributed by atoms with Crippen LogP contribution < -0.4 is 4.72 Å². The summed E-state index contributed by atoms with van der Waals surface area (Å²) in [6.07, 6.45) is 13.8. The first-order chi connectivity index (χ1) is 11.9. The third-order valence-electron chi connectivity index (χ3n) is 4.09. The van der Waals surface area contributed by atoms with E-state index in [0.29, 0.717) is 6.42 Å². The SMILES string of the molecule is CCCCCCCCCCCCS(=O)(=O)N/C=C/C1=CC(=O)OC1O. The molecule has 0 aromatic rings. The van der Waals surface area contributed by atoms with E-state index in [1.807, 2.05) is 0 Å². The summed E-state index contributed by atoms with van der Waals surface area (Å²) in [4.78, 5) is 10.9. The summed E-state index contributed by atoms with van der Waals surface area (Å²) in [6.45, 7) is 2.21. The van der Waals surface area contributed by atoms with E-state index in [1.165, 1.54) is 57.2 Å². The van der Waals surface area contributed by atoms with Gasteiger partial charge in [0.25, 0.3) is 0 Å². The second kappa shape index (κ2) is 12.1. The zero-order valence-corrected chi connectivity index (χ0v) is 15.9. The Kier molecular flexibility index (Phi) is 10.5. The molecule has 2 N–H and O–H groups in total. The van der Waals surface area contributed by atoms with Gasteiger partial charge in [-0.15, -0.1) is 0 Å². The van der Waals surface area contributed by atoms with Crippen molar-refractivity contribution in [3.05, 3.63) is 23.9 Å². The molecule has 0 saturated carbocycles. The molecule has 6 nitrogen and oxygen atoms in total. The number of ether oxygens (including phenoxy) is 1. The summed E-state index contributed by atoms with van der Waals surface area (Å²) < 4.78 is 30.5. The summed E-state index contributed by atoms with van der Waals surface area (Å²) in [6, 6.07) is 0. The first-order valence-electron chi connectivity index (χ1n) is 9.21. The molecule has 144 valence electrons. The fraction of sp³-hybridized carbons (Fsp3) is 0.722. The third kappa shape index (κ3) is 10.3. The van der Waals surface area contributed by atoms with Gasteiger partial charge in [0.15, 0.2) is 0 Å². The maximum atomic E-state index is 11.8. The van der Waals surface area contributed by atoms with Crippen LogP contribution in [0.25, 0.3) is 0 Å². The molecule has 0 fully saturated rings. The highest BCUT2D eigenvalue weighted by Crippen LogP contribution is 2.14. The predicted octanol–water partition coefficient (Wildman–Crippen LogP) is 3.14. The number of aliphatic hydroxyl groups excluding tert-OH is 1. The van der Waals surface area contributed by atoms with Crippen LogP contribution in [-0.4, -0.2) is 31.5 Å². The molecule has 1 atom stereocenters. The Labute approximate surface area is 151 Å². The Morgan fingerprint density at radius 3 is 2.16 bits per heavy atom. The van der Waals surface area contributed by atoms with Crippen LogP contribution in [0.3, 0.4) is 0 Å². The second-order valence-corrected chi connectivity index (χ2v) is 8.26. The van der Waals surface area contributed by atoms with Gasteiger partial charge in [0, 0.05) is 17.8 Å². The average molecular weight is 374 g/mol. The van der Waals surface area contributed by atoms with Gasteiger partial charge in [0.1, 0.15) is 0 Å². The largest absolute Gasteiger partial charge is 0.428 e. The number of nitrogens with one attached hydrogen (secondary N) is 1. The van der Waals surface area contributed by atoms with E-state index in [0.717, 1.165) is 18.9 Å². The highest BCUT2D eigenvalue weighted by molar-refractivity contribution is 7.89. The minimum atomic E-state index is -3.38. The highest BCUT2D eigenvalue weighted by Gasteiger charge is 2.21.